The van der Waals surface area contributed by atoms with Crippen LogP contribution in [0.1, 0.15) is 63.3 Å². The summed E-state index contributed by atoms with van der Waals surface area (Å²) in [6.45, 7) is 1.88. The van der Waals surface area contributed by atoms with Gasteiger partial charge in [-0.2, -0.15) is 4.98 Å². The molecule has 0 spiro atoms. The number of nitrogens with zero attached hydrogens (tertiary/aromatic N) is 2. The fraction of sp³-hybridized carbons (Fsp3) is 0.833. The van der Waals surface area contributed by atoms with Crippen molar-refractivity contribution in [3.8, 4) is 0 Å². The Kier molecular flexibility index (Phi) is 3.79. The number of rotatable bonds is 3. The minimum absolute atomic E-state index is 0.175. The van der Waals surface area contributed by atoms with Gasteiger partial charge in [0.2, 0.25) is 0 Å². The van der Waals surface area contributed by atoms with Crippen LogP contribution >= 0.6 is 0 Å². The molecule has 1 aromatic rings. The SMILES string of the molecule is COC(C)c1nc(C2(N)CCCCCC2)no1. The molecule has 1 aliphatic rings. The van der Waals surface area contributed by atoms with Crippen molar-refractivity contribution in [2.24, 2.45) is 5.73 Å². The maximum atomic E-state index is 6.41. The van der Waals surface area contributed by atoms with E-state index in [9.17, 15) is 0 Å². The molecule has 1 fully saturated rings. The first kappa shape index (κ1) is 12.5. The molecule has 0 saturated heterocycles. The second-order valence-corrected chi connectivity index (χ2v) is 4.90. The van der Waals surface area contributed by atoms with Crippen LogP contribution < -0.4 is 5.73 Å². The molecule has 1 unspecified atom stereocenters. The van der Waals surface area contributed by atoms with Crippen LogP contribution in [0.3, 0.4) is 0 Å². The average Bonchev–Trinajstić information content (AvgIpc) is 2.73. The van der Waals surface area contributed by atoms with Gasteiger partial charge in [-0.3, -0.25) is 0 Å². The zero-order valence-electron chi connectivity index (χ0n) is 10.6. The van der Waals surface area contributed by atoms with E-state index in [4.69, 9.17) is 15.0 Å². The summed E-state index contributed by atoms with van der Waals surface area (Å²) in [5.74, 6) is 1.15. The lowest BCUT2D eigenvalue weighted by Crippen LogP contribution is -2.37. The van der Waals surface area contributed by atoms with E-state index in [1.54, 1.807) is 7.11 Å². The number of methoxy groups -OCH3 is 1. The molecule has 1 heterocycles. The zero-order chi connectivity index (χ0) is 12.3. The van der Waals surface area contributed by atoms with E-state index in [1.165, 1.54) is 12.8 Å². The van der Waals surface area contributed by atoms with E-state index in [-0.39, 0.29) is 6.10 Å². The molecule has 17 heavy (non-hydrogen) atoms. The highest BCUT2D eigenvalue weighted by molar-refractivity contribution is 5.05. The summed E-state index contributed by atoms with van der Waals surface area (Å²) in [7, 11) is 1.62. The zero-order valence-corrected chi connectivity index (χ0v) is 10.6. The first-order valence-electron chi connectivity index (χ1n) is 6.31. The predicted molar refractivity (Wildman–Crippen MR) is 63.3 cm³/mol. The van der Waals surface area contributed by atoms with Gasteiger partial charge in [0.1, 0.15) is 6.10 Å². The Morgan fingerprint density at radius 2 is 1.94 bits per heavy atom. The van der Waals surface area contributed by atoms with E-state index in [0.717, 1.165) is 25.7 Å². The van der Waals surface area contributed by atoms with Crippen molar-refractivity contribution in [3.63, 3.8) is 0 Å². The molecule has 0 bridgehead atoms. The Bertz CT molecular complexity index is 356. The molecule has 0 amide bonds. The van der Waals surface area contributed by atoms with Crippen molar-refractivity contribution in [1.29, 1.82) is 0 Å². The van der Waals surface area contributed by atoms with Gasteiger partial charge in [-0.1, -0.05) is 30.8 Å². The standard InChI is InChI=1S/C12H21N3O2/c1-9(16-2)10-14-11(15-17-10)12(13)7-5-3-4-6-8-12/h9H,3-8,13H2,1-2H3. The van der Waals surface area contributed by atoms with Gasteiger partial charge in [0.25, 0.3) is 5.89 Å². The smallest absolute Gasteiger partial charge is 0.255 e. The van der Waals surface area contributed by atoms with Gasteiger partial charge in [0, 0.05) is 7.11 Å². The molecule has 2 N–H and O–H groups in total. The van der Waals surface area contributed by atoms with Crippen LogP contribution in [-0.2, 0) is 10.3 Å². The van der Waals surface area contributed by atoms with Gasteiger partial charge in [0.15, 0.2) is 5.82 Å². The number of hydrogen-bond acceptors (Lipinski definition) is 5. The minimum Gasteiger partial charge on any atom is -0.372 e. The second kappa shape index (κ2) is 5.14. The molecular formula is C12H21N3O2. The Hall–Kier alpha value is -0.940. The van der Waals surface area contributed by atoms with Crippen molar-refractivity contribution < 1.29 is 9.26 Å². The van der Waals surface area contributed by atoms with Gasteiger partial charge in [-0.25, -0.2) is 0 Å². The Morgan fingerprint density at radius 1 is 1.29 bits per heavy atom. The summed E-state index contributed by atoms with van der Waals surface area (Å²) in [5.41, 5.74) is 6.00. The molecule has 1 aromatic heterocycles. The first-order valence-corrected chi connectivity index (χ1v) is 6.31. The van der Waals surface area contributed by atoms with Gasteiger partial charge in [-0.05, 0) is 19.8 Å². The van der Waals surface area contributed by atoms with E-state index in [2.05, 4.69) is 10.1 Å². The van der Waals surface area contributed by atoms with E-state index >= 15 is 0 Å². The third kappa shape index (κ3) is 2.66. The van der Waals surface area contributed by atoms with Crippen LogP contribution in [0.25, 0.3) is 0 Å². The minimum atomic E-state index is -0.411. The van der Waals surface area contributed by atoms with Crippen LogP contribution in [-0.4, -0.2) is 17.3 Å². The van der Waals surface area contributed by atoms with Crippen molar-refractivity contribution in [2.75, 3.05) is 7.11 Å². The van der Waals surface area contributed by atoms with Gasteiger partial charge < -0.3 is 15.0 Å². The lowest BCUT2D eigenvalue weighted by molar-refractivity contribution is 0.0886. The second-order valence-electron chi connectivity index (χ2n) is 4.90. The Morgan fingerprint density at radius 3 is 2.53 bits per heavy atom. The molecule has 1 saturated carbocycles. The number of ether oxygens (including phenoxy) is 1. The van der Waals surface area contributed by atoms with Crippen LogP contribution in [0.5, 0.6) is 0 Å². The average molecular weight is 239 g/mol. The van der Waals surface area contributed by atoms with Crippen molar-refractivity contribution in [1.82, 2.24) is 10.1 Å². The van der Waals surface area contributed by atoms with Crippen LogP contribution in [0, 0.1) is 0 Å². The predicted octanol–water partition coefficient (Wildman–Crippen LogP) is 2.29. The quantitative estimate of drug-likeness (QED) is 0.819. The monoisotopic (exact) mass is 239 g/mol. The van der Waals surface area contributed by atoms with E-state index < -0.39 is 5.54 Å². The molecule has 5 nitrogen and oxygen atoms in total. The van der Waals surface area contributed by atoms with Crippen molar-refractivity contribution in [3.05, 3.63) is 11.7 Å². The molecular weight excluding hydrogens is 218 g/mol. The molecule has 0 aromatic carbocycles. The van der Waals surface area contributed by atoms with Crippen LogP contribution in [0.2, 0.25) is 0 Å². The summed E-state index contributed by atoms with van der Waals surface area (Å²) in [4.78, 5) is 4.39. The summed E-state index contributed by atoms with van der Waals surface area (Å²) in [6.07, 6.45) is 6.47. The lowest BCUT2D eigenvalue weighted by atomic mass is 9.91. The maximum Gasteiger partial charge on any atom is 0.255 e. The fourth-order valence-electron chi connectivity index (χ4n) is 2.29. The summed E-state index contributed by atoms with van der Waals surface area (Å²) < 4.78 is 10.4. The third-order valence-corrected chi connectivity index (χ3v) is 3.58. The van der Waals surface area contributed by atoms with Gasteiger partial charge in [-0.15, -0.1) is 0 Å². The molecule has 0 radical (unpaired) electrons. The van der Waals surface area contributed by atoms with E-state index in [0.29, 0.717) is 11.7 Å². The summed E-state index contributed by atoms with van der Waals surface area (Å²) in [6, 6.07) is 0. The largest absolute Gasteiger partial charge is 0.372 e. The summed E-state index contributed by atoms with van der Waals surface area (Å²) >= 11 is 0. The number of hydrogen-bond donors (Lipinski definition) is 1. The fourth-order valence-corrected chi connectivity index (χ4v) is 2.29. The topological polar surface area (TPSA) is 74.2 Å². The first-order chi connectivity index (χ1) is 8.15. The molecule has 2 rings (SSSR count). The molecule has 1 aliphatic carbocycles. The lowest BCUT2D eigenvalue weighted by Gasteiger charge is -2.23. The third-order valence-electron chi connectivity index (χ3n) is 3.58. The van der Waals surface area contributed by atoms with Gasteiger partial charge >= 0.3 is 0 Å². The maximum absolute atomic E-state index is 6.41. The highest BCUT2D eigenvalue weighted by atomic mass is 16.5. The number of aromatic nitrogens is 2. The number of nitrogens with two attached hydrogens (primary N) is 1. The van der Waals surface area contributed by atoms with Crippen molar-refractivity contribution >= 4 is 0 Å². The van der Waals surface area contributed by atoms with Crippen LogP contribution in [0.15, 0.2) is 4.52 Å². The van der Waals surface area contributed by atoms with Gasteiger partial charge in [0.05, 0.1) is 5.54 Å². The molecule has 5 heteroatoms. The Labute approximate surface area is 102 Å². The van der Waals surface area contributed by atoms with E-state index in [1.807, 2.05) is 6.92 Å². The highest BCUT2D eigenvalue weighted by Gasteiger charge is 2.33. The highest BCUT2D eigenvalue weighted by Crippen LogP contribution is 2.32. The molecule has 0 aliphatic heterocycles. The molecule has 1 atom stereocenters. The van der Waals surface area contributed by atoms with Crippen molar-refractivity contribution in [2.45, 2.75) is 57.1 Å². The normalized spacial score (nSPS) is 22.1. The van der Waals surface area contributed by atoms with Crippen LogP contribution in [0.4, 0.5) is 0 Å². The molecule has 96 valence electrons. The summed E-state index contributed by atoms with van der Waals surface area (Å²) in [5, 5.41) is 4.03. The Balaban J connectivity index is 2.17.